The average Bonchev–Trinajstić information content (AvgIpc) is 2.84. The number of ether oxygens (including phenoxy) is 2. The fraction of sp³-hybridized carbons (Fsp3) is 0.200. The Morgan fingerprint density at radius 3 is 2.59 bits per heavy atom. The van der Waals surface area contributed by atoms with Crippen molar-refractivity contribution in [1.29, 1.82) is 0 Å². The van der Waals surface area contributed by atoms with E-state index >= 15 is 0 Å². The van der Waals surface area contributed by atoms with Crippen molar-refractivity contribution in [2.45, 2.75) is 6.42 Å². The molecule has 3 aromatic rings. The summed E-state index contributed by atoms with van der Waals surface area (Å²) in [5, 5.41) is 17.6. The summed E-state index contributed by atoms with van der Waals surface area (Å²) in [7, 11) is 1.55. The van der Waals surface area contributed by atoms with E-state index < -0.39 is 5.91 Å². The molecular formula is C25H25Cl2N3O4. The summed E-state index contributed by atoms with van der Waals surface area (Å²) in [6.07, 6.45) is 2.39. The number of amides is 1. The van der Waals surface area contributed by atoms with Gasteiger partial charge in [0, 0.05) is 28.8 Å². The first-order chi connectivity index (χ1) is 16.5. The van der Waals surface area contributed by atoms with Crippen LogP contribution in [0.5, 0.6) is 17.2 Å². The van der Waals surface area contributed by atoms with Crippen LogP contribution in [0.25, 0.3) is 0 Å². The second kappa shape index (κ2) is 12.8. The monoisotopic (exact) mass is 501 g/mol. The van der Waals surface area contributed by atoms with Gasteiger partial charge < -0.3 is 19.9 Å². The van der Waals surface area contributed by atoms with Gasteiger partial charge in [-0.1, -0.05) is 35.3 Å². The van der Waals surface area contributed by atoms with Gasteiger partial charge in [0.15, 0.2) is 0 Å². The third-order valence-corrected chi connectivity index (χ3v) is 5.39. The lowest BCUT2D eigenvalue weighted by atomic mass is 10.1. The Morgan fingerprint density at radius 1 is 1.06 bits per heavy atom. The quantitative estimate of drug-likeness (QED) is 0.201. The highest BCUT2D eigenvalue weighted by atomic mass is 35.5. The summed E-state index contributed by atoms with van der Waals surface area (Å²) in [6.45, 7) is 2.04. The van der Waals surface area contributed by atoms with E-state index in [0.717, 1.165) is 18.0 Å². The number of nitrogens with one attached hydrogen (secondary N) is 2. The molecule has 0 atom stereocenters. The van der Waals surface area contributed by atoms with Crippen LogP contribution in [0, 0.1) is 0 Å². The molecule has 178 valence electrons. The lowest BCUT2D eigenvalue weighted by Gasteiger charge is -2.10. The maximum absolute atomic E-state index is 12.2. The summed E-state index contributed by atoms with van der Waals surface area (Å²) in [4.78, 5) is 12.2. The molecule has 0 aliphatic carbocycles. The molecule has 0 radical (unpaired) electrons. The van der Waals surface area contributed by atoms with Gasteiger partial charge in [0.1, 0.15) is 23.9 Å². The van der Waals surface area contributed by atoms with Crippen molar-refractivity contribution in [2.24, 2.45) is 5.10 Å². The number of aromatic hydroxyl groups is 1. The summed E-state index contributed by atoms with van der Waals surface area (Å²) in [5.41, 5.74) is 4.58. The van der Waals surface area contributed by atoms with Crippen LogP contribution >= 0.6 is 23.2 Å². The molecular weight excluding hydrogens is 477 g/mol. The number of rotatable bonds is 11. The van der Waals surface area contributed by atoms with Gasteiger partial charge in [-0.2, -0.15) is 5.10 Å². The molecule has 7 nitrogen and oxygen atoms in total. The van der Waals surface area contributed by atoms with Gasteiger partial charge in [0.05, 0.1) is 18.3 Å². The van der Waals surface area contributed by atoms with Gasteiger partial charge in [0.25, 0.3) is 5.91 Å². The summed E-state index contributed by atoms with van der Waals surface area (Å²) in [6, 6.07) is 17.3. The fourth-order valence-corrected chi connectivity index (χ4v) is 3.32. The molecule has 1 amide bonds. The van der Waals surface area contributed by atoms with Crippen LogP contribution in [0.4, 0.5) is 0 Å². The topological polar surface area (TPSA) is 92.2 Å². The van der Waals surface area contributed by atoms with E-state index in [-0.39, 0.29) is 16.3 Å². The number of hydrogen-bond donors (Lipinski definition) is 3. The second-order valence-electron chi connectivity index (χ2n) is 7.24. The van der Waals surface area contributed by atoms with E-state index in [0.29, 0.717) is 30.2 Å². The van der Waals surface area contributed by atoms with Gasteiger partial charge in [-0.05, 0) is 61.0 Å². The number of carbonyl (C=O) groups excluding carboxylic acids is 1. The standard InChI is InChI=1S/C25H25Cl2N3O4/c1-33-24-15-21(34-13-12-28-11-10-17-2-6-20(26)7-3-17)8-4-19(24)16-29-30-25(32)18-5-9-23(31)22(27)14-18/h2-9,14-16,28,31H,10-13H2,1H3,(H,30,32)/b29-16+. The van der Waals surface area contributed by atoms with Crippen LogP contribution in [0.1, 0.15) is 21.5 Å². The molecule has 9 heteroatoms. The van der Waals surface area contributed by atoms with Crippen LogP contribution in [-0.2, 0) is 6.42 Å². The first-order valence-corrected chi connectivity index (χ1v) is 11.3. The van der Waals surface area contributed by atoms with Crippen molar-refractivity contribution in [1.82, 2.24) is 10.7 Å². The van der Waals surface area contributed by atoms with E-state index in [4.69, 9.17) is 32.7 Å². The number of hydrazone groups is 1. The maximum Gasteiger partial charge on any atom is 0.271 e. The van der Waals surface area contributed by atoms with Crippen molar-refractivity contribution in [2.75, 3.05) is 26.8 Å². The molecule has 0 bridgehead atoms. The number of phenolic OH excluding ortho intramolecular Hbond substituents is 1. The van der Waals surface area contributed by atoms with Crippen LogP contribution in [-0.4, -0.2) is 44.0 Å². The first kappa shape index (κ1) is 25.4. The molecule has 0 fully saturated rings. The molecule has 3 rings (SSSR count). The van der Waals surface area contributed by atoms with Crippen LogP contribution in [0.2, 0.25) is 10.0 Å². The van der Waals surface area contributed by atoms with E-state index in [1.165, 1.54) is 30.0 Å². The largest absolute Gasteiger partial charge is 0.506 e. The molecule has 3 N–H and O–H groups in total. The SMILES string of the molecule is COc1cc(OCCNCCc2ccc(Cl)cc2)ccc1/C=N/NC(=O)c1ccc(O)c(Cl)c1. The zero-order chi connectivity index (χ0) is 24.3. The minimum Gasteiger partial charge on any atom is -0.506 e. The van der Waals surface area contributed by atoms with Gasteiger partial charge >= 0.3 is 0 Å². The third kappa shape index (κ3) is 7.66. The Labute approximate surface area is 208 Å². The smallest absolute Gasteiger partial charge is 0.271 e. The van der Waals surface area contributed by atoms with Gasteiger partial charge in [-0.15, -0.1) is 0 Å². The van der Waals surface area contributed by atoms with Crippen LogP contribution < -0.4 is 20.2 Å². The molecule has 0 saturated carbocycles. The summed E-state index contributed by atoms with van der Waals surface area (Å²) in [5.74, 6) is 0.665. The molecule has 0 saturated heterocycles. The summed E-state index contributed by atoms with van der Waals surface area (Å²) < 4.78 is 11.2. The molecule has 0 aliphatic rings. The van der Waals surface area contributed by atoms with Crippen molar-refractivity contribution in [3.8, 4) is 17.2 Å². The highest BCUT2D eigenvalue weighted by molar-refractivity contribution is 6.32. The molecule has 0 aliphatic heterocycles. The maximum atomic E-state index is 12.2. The number of benzene rings is 3. The second-order valence-corrected chi connectivity index (χ2v) is 8.09. The Hall–Kier alpha value is -3.26. The molecule has 34 heavy (non-hydrogen) atoms. The molecule has 3 aromatic carbocycles. The number of methoxy groups -OCH3 is 1. The summed E-state index contributed by atoms with van der Waals surface area (Å²) >= 11 is 11.7. The van der Waals surface area contributed by atoms with Gasteiger partial charge in [-0.25, -0.2) is 5.43 Å². The van der Waals surface area contributed by atoms with Crippen LogP contribution in [0.15, 0.2) is 65.8 Å². The zero-order valence-corrected chi connectivity index (χ0v) is 20.1. The molecule has 0 unspecified atom stereocenters. The number of nitrogens with zero attached hydrogens (tertiary/aromatic N) is 1. The fourth-order valence-electron chi connectivity index (χ4n) is 3.01. The minimum atomic E-state index is -0.458. The third-order valence-electron chi connectivity index (χ3n) is 4.84. The lowest BCUT2D eigenvalue weighted by molar-refractivity contribution is 0.0955. The van der Waals surface area contributed by atoms with E-state index in [1.54, 1.807) is 25.3 Å². The Bertz CT molecular complexity index is 1140. The minimum absolute atomic E-state index is 0.0886. The zero-order valence-electron chi connectivity index (χ0n) is 18.6. The molecule has 0 heterocycles. The Kier molecular flexibility index (Phi) is 9.58. The first-order valence-electron chi connectivity index (χ1n) is 10.5. The highest BCUT2D eigenvalue weighted by Crippen LogP contribution is 2.24. The lowest BCUT2D eigenvalue weighted by Crippen LogP contribution is -2.23. The van der Waals surface area contributed by atoms with Gasteiger partial charge in [-0.3, -0.25) is 4.79 Å². The predicted molar refractivity (Wildman–Crippen MR) is 135 cm³/mol. The Morgan fingerprint density at radius 2 is 1.85 bits per heavy atom. The van der Waals surface area contributed by atoms with Crippen molar-refractivity contribution in [3.63, 3.8) is 0 Å². The molecule has 0 spiro atoms. The Balaban J connectivity index is 1.44. The average molecular weight is 502 g/mol. The highest BCUT2D eigenvalue weighted by Gasteiger charge is 2.08. The number of hydrogen-bond acceptors (Lipinski definition) is 6. The number of carbonyl (C=O) groups is 1. The van der Waals surface area contributed by atoms with Crippen molar-refractivity contribution >= 4 is 35.3 Å². The normalized spacial score (nSPS) is 10.9. The number of phenols is 1. The van der Waals surface area contributed by atoms with Crippen molar-refractivity contribution in [3.05, 3.63) is 87.4 Å². The van der Waals surface area contributed by atoms with E-state index in [2.05, 4.69) is 15.8 Å². The van der Waals surface area contributed by atoms with E-state index in [9.17, 15) is 9.90 Å². The van der Waals surface area contributed by atoms with Crippen LogP contribution in [0.3, 0.4) is 0 Å². The van der Waals surface area contributed by atoms with Gasteiger partial charge in [0.2, 0.25) is 0 Å². The van der Waals surface area contributed by atoms with Crippen molar-refractivity contribution < 1.29 is 19.4 Å². The molecule has 0 aromatic heterocycles. The van der Waals surface area contributed by atoms with E-state index in [1.807, 2.05) is 24.3 Å². The number of halogens is 2. The predicted octanol–water partition coefficient (Wildman–Crippen LogP) is 4.68.